The van der Waals surface area contributed by atoms with Gasteiger partial charge >= 0.3 is 6.18 Å². The summed E-state index contributed by atoms with van der Waals surface area (Å²) >= 11 is 0. The van der Waals surface area contributed by atoms with Crippen LogP contribution in [-0.4, -0.2) is 54.4 Å². The monoisotopic (exact) mass is 473 g/mol. The quantitative estimate of drug-likeness (QED) is 0.586. The Labute approximate surface area is 191 Å². The van der Waals surface area contributed by atoms with Gasteiger partial charge in [0.1, 0.15) is 5.69 Å². The van der Waals surface area contributed by atoms with Crippen LogP contribution in [-0.2, 0) is 6.18 Å². The maximum Gasteiger partial charge on any atom is 0.417 e. The Hall–Kier alpha value is -3.57. The van der Waals surface area contributed by atoms with E-state index in [4.69, 9.17) is 0 Å². The minimum Gasteiger partial charge on any atom is -0.363 e. The van der Waals surface area contributed by atoms with Crippen LogP contribution in [0.15, 0.2) is 36.8 Å². The number of hydrogen-bond donors (Lipinski definition) is 1. The lowest BCUT2D eigenvalue weighted by molar-refractivity contribution is -0.138. The van der Waals surface area contributed by atoms with Gasteiger partial charge in [0.25, 0.3) is 5.91 Å². The van der Waals surface area contributed by atoms with E-state index in [9.17, 15) is 22.4 Å². The second-order valence-corrected chi connectivity index (χ2v) is 9.18. The van der Waals surface area contributed by atoms with E-state index in [0.717, 1.165) is 6.42 Å². The van der Waals surface area contributed by atoms with Crippen molar-refractivity contribution < 1.29 is 22.4 Å². The van der Waals surface area contributed by atoms with Crippen LogP contribution in [0.25, 0.3) is 5.69 Å². The van der Waals surface area contributed by atoms with E-state index in [1.165, 1.54) is 17.2 Å². The molecule has 3 fully saturated rings. The number of carbonyl (C=O) groups is 1. The molecule has 1 spiro atoms. The molecule has 176 valence electrons. The number of halogens is 4. The van der Waals surface area contributed by atoms with E-state index in [1.54, 1.807) is 24.0 Å². The van der Waals surface area contributed by atoms with Crippen molar-refractivity contribution in [2.75, 3.05) is 11.9 Å². The molecule has 1 aliphatic heterocycles. The number of rotatable bonds is 4. The van der Waals surface area contributed by atoms with Gasteiger partial charge in [0.2, 0.25) is 0 Å². The van der Waals surface area contributed by atoms with Gasteiger partial charge in [-0.05, 0) is 49.3 Å². The standard InChI is InChI=1S/C22H19F4N7O/c1-11-2-3-16(33-28-4-5-29-33)17(30-11)20(34)32-10-13-7-21(13)8-15(18(21)32)31-19-14(23)6-12(9-27-19)22(24,25)26/h2-6,9,13,15,18H,7-8,10H2,1H3,(H,27,31). The highest BCUT2D eigenvalue weighted by Gasteiger charge is 2.75. The van der Waals surface area contributed by atoms with Crippen LogP contribution in [0.5, 0.6) is 0 Å². The van der Waals surface area contributed by atoms with Crippen LogP contribution in [0.2, 0.25) is 0 Å². The first-order valence-corrected chi connectivity index (χ1v) is 10.8. The van der Waals surface area contributed by atoms with Gasteiger partial charge in [0, 0.05) is 24.5 Å². The first kappa shape index (κ1) is 21.0. The third-order valence-corrected chi connectivity index (χ3v) is 7.20. The molecule has 8 nitrogen and oxygen atoms in total. The molecule has 3 aromatic heterocycles. The number of pyridine rings is 2. The predicted molar refractivity (Wildman–Crippen MR) is 110 cm³/mol. The number of nitrogens with zero attached hydrogens (tertiary/aromatic N) is 6. The van der Waals surface area contributed by atoms with Crippen molar-refractivity contribution in [3.8, 4) is 5.69 Å². The molecule has 3 aliphatic rings. The topological polar surface area (TPSA) is 88.8 Å². The second-order valence-electron chi connectivity index (χ2n) is 9.18. The van der Waals surface area contributed by atoms with Crippen molar-refractivity contribution in [1.82, 2.24) is 29.9 Å². The molecular formula is C22H19F4N7O. The van der Waals surface area contributed by atoms with E-state index in [2.05, 4.69) is 25.5 Å². The maximum absolute atomic E-state index is 14.4. The predicted octanol–water partition coefficient (Wildman–Crippen LogP) is 3.24. The number of aryl methyl sites for hydroxylation is 1. The molecule has 12 heteroatoms. The Morgan fingerprint density at radius 3 is 2.68 bits per heavy atom. The Kier molecular flexibility index (Phi) is 4.30. The summed E-state index contributed by atoms with van der Waals surface area (Å²) in [6.07, 6.45) is 0.611. The molecular weight excluding hydrogens is 454 g/mol. The lowest BCUT2D eigenvalue weighted by Crippen LogP contribution is -2.60. The average molecular weight is 473 g/mol. The Morgan fingerprint density at radius 2 is 1.97 bits per heavy atom. The smallest absolute Gasteiger partial charge is 0.363 e. The molecule has 34 heavy (non-hydrogen) atoms. The largest absolute Gasteiger partial charge is 0.417 e. The molecule has 0 bridgehead atoms. The average Bonchev–Trinajstić information content (AvgIpc) is 3.14. The van der Waals surface area contributed by atoms with Crippen molar-refractivity contribution >= 4 is 11.7 Å². The van der Waals surface area contributed by atoms with Gasteiger partial charge in [-0.1, -0.05) is 0 Å². The van der Waals surface area contributed by atoms with Crippen LogP contribution in [0.1, 0.15) is 34.6 Å². The zero-order valence-corrected chi connectivity index (χ0v) is 17.9. The SMILES string of the molecule is Cc1ccc(-n2nccn2)c(C(=O)N2CC3CC34CC(Nc3ncc(C(F)(F)F)cc3F)C24)n1. The molecule has 0 radical (unpaired) electrons. The highest BCUT2D eigenvalue weighted by Crippen LogP contribution is 2.71. The Balaban J connectivity index is 1.28. The number of likely N-dealkylation sites (tertiary alicyclic amines) is 1. The summed E-state index contributed by atoms with van der Waals surface area (Å²) in [5, 5.41) is 11.2. The zero-order chi connectivity index (χ0) is 23.8. The minimum absolute atomic E-state index is 0.0380. The van der Waals surface area contributed by atoms with Crippen LogP contribution < -0.4 is 5.32 Å². The molecule has 0 aromatic carbocycles. The van der Waals surface area contributed by atoms with Gasteiger partial charge in [0.05, 0.1) is 24.0 Å². The van der Waals surface area contributed by atoms with Crippen molar-refractivity contribution in [1.29, 1.82) is 0 Å². The third-order valence-electron chi connectivity index (χ3n) is 7.20. The fraction of sp³-hybridized carbons (Fsp3) is 0.409. The van der Waals surface area contributed by atoms with E-state index >= 15 is 0 Å². The zero-order valence-electron chi connectivity index (χ0n) is 17.9. The highest BCUT2D eigenvalue weighted by atomic mass is 19.4. The molecule has 1 amide bonds. The van der Waals surface area contributed by atoms with Crippen molar-refractivity contribution in [3.05, 3.63) is 59.6 Å². The van der Waals surface area contributed by atoms with E-state index in [-0.39, 0.29) is 34.9 Å². The van der Waals surface area contributed by atoms with Crippen molar-refractivity contribution in [2.24, 2.45) is 11.3 Å². The fourth-order valence-electron chi connectivity index (χ4n) is 5.58. The highest BCUT2D eigenvalue weighted by molar-refractivity contribution is 5.96. The first-order valence-electron chi connectivity index (χ1n) is 10.8. The summed E-state index contributed by atoms with van der Waals surface area (Å²) < 4.78 is 52.9. The van der Waals surface area contributed by atoms with Crippen LogP contribution in [0, 0.1) is 24.1 Å². The van der Waals surface area contributed by atoms with Crippen LogP contribution >= 0.6 is 0 Å². The van der Waals surface area contributed by atoms with E-state index in [0.29, 0.717) is 42.5 Å². The number of carbonyl (C=O) groups excluding carboxylic acids is 1. The number of alkyl halides is 3. The van der Waals surface area contributed by atoms with Gasteiger partial charge in [-0.15, -0.1) is 4.80 Å². The number of aromatic nitrogens is 5. The van der Waals surface area contributed by atoms with E-state index in [1.807, 2.05) is 0 Å². The van der Waals surface area contributed by atoms with Gasteiger partial charge in [-0.25, -0.2) is 14.4 Å². The van der Waals surface area contributed by atoms with Gasteiger partial charge < -0.3 is 10.2 Å². The summed E-state index contributed by atoms with van der Waals surface area (Å²) in [5.74, 6) is -1.26. The van der Waals surface area contributed by atoms with Crippen LogP contribution in [0.3, 0.4) is 0 Å². The Bertz CT molecular complexity index is 1290. The lowest BCUT2D eigenvalue weighted by atomic mass is 9.71. The second kappa shape index (κ2) is 6.97. The summed E-state index contributed by atoms with van der Waals surface area (Å²) in [5.41, 5.74) is 0.152. The van der Waals surface area contributed by atoms with E-state index < -0.39 is 17.6 Å². The number of amides is 1. The fourth-order valence-corrected chi connectivity index (χ4v) is 5.58. The third kappa shape index (κ3) is 3.07. The maximum atomic E-state index is 14.4. The molecule has 3 aromatic rings. The molecule has 6 rings (SSSR count). The number of hydrogen-bond acceptors (Lipinski definition) is 6. The molecule has 4 heterocycles. The summed E-state index contributed by atoms with van der Waals surface area (Å²) in [7, 11) is 0. The molecule has 4 unspecified atom stereocenters. The van der Waals surface area contributed by atoms with Gasteiger partial charge in [-0.2, -0.15) is 23.4 Å². The number of piperidine rings is 1. The summed E-state index contributed by atoms with van der Waals surface area (Å²) in [6, 6.07) is 3.38. The van der Waals surface area contributed by atoms with Crippen molar-refractivity contribution in [3.63, 3.8) is 0 Å². The Morgan fingerprint density at radius 1 is 1.21 bits per heavy atom. The minimum atomic E-state index is -4.68. The summed E-state index contributed by atoms with van der Waals surface area (Å²) in [4.78, 5) is 24.8. The van der Waals surface area contributed by atoms with Gasteiger partial charge in [-0.3, -0.25) is 4.79 Å². The molecule has 4 atom stereocenters. The number of anilines is 1. The lowest BCUT2D eigenvalue weighted by Gasteiger charge is -2.48. The molecule has 1 N–H and O–H groups in total. The molecule has 2 saturated carbocycles. The summed E-state index contributed by atoms with van der Waals surface area (Å²) in [6.45, 7) is 2.33. The first-order chi connectivity index (χ1) is 16.2. The van der Waals surface area contributed by atoms with Gasteiger partial charge in [0.15, 0.2) is 17.3 Å². The van der Waals surface area contributed by atoms with Crippen molar-refractivity contribution in [2.45, 2.75) is 38.0 Å². The molecule has 2 aliphatic carbocycles. The molecule has 1 saturated heterocycles. The van der Waals surface area contributed by atoms with Crippen LogP contribution in [0.4, 0.5) is 23.4 Å². The number of nitrogens with one attached hydrogen (secondary N) is 1. The normalized spacial score (nSPS) is 27.1.